The topological polar surface area (TPSA) is 29.4 Å². The minimum absolute atomic E-state index is 0.228. The van der Waals surface area contributed by atoms with Gasteiger partial charge >= 0.3 is 0 Å². The van der Waals surface area contributed by atoms with E-state index in [0.29, 0.717) is 0 Å². The first kappa shape index (κ1) is 9.17. The van der Waals surface area contributed by atoms with Gasteiger partial charge in [-0.25, -0.2) is 0 Å². The van der Waals surface area contributed by atoms with E-state index in [9.17, 15) is 4.91 Å². The summed E-state index contributed by atoms with van der Waals surface area (Å²) in [6.45, 7) is 4.38. The number of hydrogen-bond acceptors (Lipinski definition) is 2. The molecule has 2 fully saturated rings. The molecule has 2 bridgehead atoms. The van der Waals surface area contributed by atoms with E-state index in [1.54, 1.807) is 0 Å². The highest BCUT2D eigenvalue weighted by Crippen LogP contribution is 2.47. The molecule has 2 unspecified atom stereocenters. The van der Waals surface area contributed by atoms with Crippen LogP contribution in [0.25, 0.3) is 0 Å². The van der Waals surface area contributed by atoms with Crippen LogP contribution >= 0.6 is 0 Å². The molecule has 13 heavy (non-hydrogen) atoms. The molecule has 0 amide bonds. The van der Waals surface area contributed by atoms with Crippen LogP contribution in [0, 0.1) is 22.7 Å². The van der Waals surface area contributed by atoms with Crippen molar-refractivity contribution in [1.82, 2.24) is 0 Å². The first-order valence-corrected chi connectivity index (χ1v) is 5.46. The molecule has 0 aromatic carbocycles. The molecular weight excluding hydrogens is 162 g/mol. The normalized spacial score (nSPS) is 50.2. The quantitative estimate of drug-likeness (QED) is 0.570. The molecular formula is C11H19NO. The summed E-state index contributed by atoms with van der Waals surface area (Å²) >= 11 is 0. The van der Waals surface area contributed by atoms with E-state index < -0.39 is 0 Å². The van der Waals surface area contributed by atoms with Crippen molar-refractivity contribution in [3.05, 3.63) is 4.91 Å². The van der Waals surface area contributed by atoms with Gasteiger partial charge < -0.3 is 0 Å². The number of nitroso groups, excluding NO2 is 1. The molecule has 74 valence electrons. The van der Waals surface area contributed by atoms with Crippen LogP contribution < -0.4 is 0 Å². The maximum absolute atomic E-state index is 10.7. The third-order valence-corrected chi connectivity index (χ3v) is 3.82. The van der Waals surface area contributed by atoms with E-state index in [1.807, 2.05) is 6.92 Å². The molecule has 0 saturated heterocycles. The van der Waals surface area contributed by atoms with Crippen molar-refractivity contribution in [2.24, 2.45) is 22.9 Å². The maximum Gasteiger partial charge on any atom is 0.100 e. The van der Waals surface area contributed by atoms with Gasteiger partial charge in [0.2, 0.25) is 0 Å². The lowest BCUT2D eigenvalue weighted by molar-refractivity contribution is 0.0939. The second-order valence-electron chi connectivity index (χ2n) is 5.54. The molecule has 0 spiro atoms. The zero-order valence-electron chi connectivity index (χ0n) is 8.62. The van der Waals surface area contributed by atoms with Crippen molar-refractivity contribution in [3.8, 4) is 0 Å². The maximum atomic E-state index is 10.7. The Kier molecular flexibility index (Phi) is 2.17. The van der Waals surface area contributed by atoms with Gasteiger partial charge in [0, 0.05) is 0 Å². The summed E-state index contributed by atoms with van der Waals surface area (Å²) in [4.78, 5) is 10.7. The lowest BCUT2D eigenvalue weighted by Gasteiger charge is -2.43. The van der Waals surface area contributed by atoms with Crippen molar-refractivity contribution < 1.29 is 0 Å². The minimum atomic E-state index is -0.228. The van der Waals surface area contributed by atoms with E-state index in [0.717, 1.165) is 30.6 Å². The molecule has 2 aliphatic rings. The number of nitrogens with zero attached hydrogens (tertiary/aromatic N) is 1. The fourth-order valence-electron chi connectivity index (χ4n) is 3.63. The van der Waals surface area contributed by atoms with E-state index in [4.69, 9.17) is 0 Å². The first-order valence-electron chi connectivity index (χ1n) is 5.46. The Hall–Kier alpha value is -0.400. The standard InChI is InChI=1S/C11H19NO/c1-8-3-9-5-10(4-8)7-11(2,6-9)12-13/h8-10H,3-7H2,1-2H3. The highest BCUT2D eigenvalue weighted by molar-refractivity contribution is 4.96. The van der Waals surface area contributed by atoms with Crippen LogP contribution in [0.2, 0.25) is 0 Å². The highest BCUT2D eigenvalue weighted by atomic mass is 16.3. The van der Waals surface area contributed by atoms with Crippen LogP contribution in [0.1, 0.15) is 46.0 Å². The summed E-state index contributed by atoms with van der Waals surface area (Å²) in [5, 5.41) is 3.34. The van der Waals surface area contributed by atoms with Gasteiger partial charge in [-0.3, -0.25) is 0 Å². The van der Waals surface area contributed by atoms with Crippen molar-refractivity contribution >= 4 is 0 Å². The number of rotatable bonds is 1. The number of hydrogen-bond donors (Lipinski definition) is 0. The third-order valence-electron chi connectivity index (χ3n) is 3.82. The fraction of sp³-hybridized carbons (Fsp3) is 1.00. The van der Waals surface area contributed by atoms with E-state index in [2.05, 4.69) is 12.1 Å². The molecule has 0 aromatic heterocycles. The zero-order valence-corrected chi connectivity index (χ0v) is 8.62. The largest absolute Gasteiger partial charge is 0.150 e. The summed E-state index contributed by atoms with van der Waals surface area (Å²) in [7, 11) is 0. The Morgan fingerprint density at radius 1 is 1.15 bits per heavy atom. The average Bonchev–Trinajstić information content (AvgIpc) is 2.01. The molecule has 0 radical (unpaired) electrons. The monoisotopic (exact) mass is 181 g/mol. The zero-order chi connectivity index (χ0) is 9.47. The van der Waals surface area contributed by atoms with E-state index in [-0.39, 0.29) is 5.54 Å². The van der Waals surface area contributed by atoms with Gasteiger partial charge in [-0.05, 0) is 56.8 Å². The van der Waals surface area contributed by atoms with E-state index >= 15 is 0 Å². The summed E-state index contributed by atoms with van der Waals surface area (Å²) < 4.78 is 0. The lowest BCUT2D eigenvalue weighted by atomic mass is 9.63. The van der Waals surface area contributed by atoms with Crippen molar-refractivity contribution in [1.29, 1.82) is 0 Å². The Morgan fingerprint density at radius 2 is 1.69 bits per heavy atom. The van der Waals surface area contributed by atoms with Crippen LogP contribution in [-0.4, -0.2) is 5.54 Å². The predicted molar refractivity (Wildman–Crippen MR) is 53.4 cm³/mol. The SMILES string of the molecule is CC1CC2CC(C1)CC(C)(N=O)C2. The van der Waals surface area contributed by atoms with Gasteiger partial charge in [-0.1, -0.05) is 12.1 Å². The van der Waals surface area contributed by atoms with Crippen LogP contribution in [0.4, 0.5) is 0 Å². The molecule has 2 saturated carbocycles. The molecule has 0 heterocycles. The summed E-state index contributed by atoms with van der Waals surface area (Å²) in [5.74, 6) is 2.44. The van der Waals surface area contributed by atoms with Gasteiger partial charge in [0.05, 0.1) is 0 Å². The fourth-order valence-corrected chi connectivity index (χ4v) is 3.63. The Balaban J connectivity index is 2.09. The molecule has 2 nitrogen and oxygen atoms in total. The number of fused-ring (bicyclic) bond motifs is 2. The lowest BCUT2D eigenvalue weighted by Crippen LogP contribution is -2.38. The van der Waals surface area contributed by atoms with Gasteiger partial charge in [0.25, 0.3) is 0 Å². The van der Waals surface area contributed by atoms with Gasteiger partial charge in [0.15, 0.2) is 0 Å². The van der Waals surface area contributed by atoms with Gasteiger partial charge in [0.1, 0.15) is 5.54 Å². The van der Waals surface area contributed by atoms with Crippen LogP contribution in [0.3, 0.4) is 0 Å². The van der Waals surface area contributed by atoms with Crippen molar-refractivity contribution in [2.45, 2.75) is 51.5 Å². The van der Waals surface area contributed by atoms with Crippen molar-refractivity contribution in [2.75, 3.05) is 0 Å². The van der Waals surface area contributed by atoms with Crippen molar-refractivity contribution in [3.63, 3.8) is 0 Å². The molecule has 2 aliphatic carbocycles. The second kappa shape index (κ2) is 3.07. The van der Waals surface area contributed by atoms with E-state index in [1.165, 1.54) is 19.3 Å². The summed E-state index contributed by atoms with van der Waals surface area (Å²) in [6, 6.07) is 0. The van der Waals surface area contributed by atoms with Crippen LogP contribution in [0.5, 0.6) is 0 Å². The molecule has 0 aromatic rings. The second-order valence-corrected chi connectivity index (χ2v) is 5.54. The molecule has 2 atom stereocenters. The highest BCUT2D eigenvalue weighted by Gasteiger charge is 2.41. The summed E-state index contributed by atoms with van der Waals surface area (Å²) in [6.07, 6.45) is 6.08. The minimum Gasteiger partial charge on any atom is -0.150 e. The van der Waals surface area contributed by atoms with Crippen LogP contribution in [-0.2, 0) is 0 Å². The Morgan fingerprint density at radius 3 is 2.15 bits per heavy atom. The average molecular weight is 181 g/mol. The van der Waals surface area contributed by atoms with Gasteiger partial charge in [-0.2, -0.15) is 4.91 Å². The molecule has 0 aliphatic heterocycles. The van der Waals surface area contributed by atoms with Crippen LogP contribution in [0.15, 0.2) is 5.18 Å². The van der Waals surface area contributed by atoms with Gasteiger partial charge in [-0.15, -0.1) is 0 Å². The smallest absolute Gasteiger partial charge is 0.100 e. The Bertz CT molecular complexity index is 196. The third kappa shape index (κ3) is 1.77. The Labute approximate surface area is 80.1 Å². The predicted octanol–water partition coefficient (Wildman–Crippen LogP) is 3.36. The molecule has 2 rings (SSSR count). The molecule has 2 heteroatoms. The first-order chi connectivity index (χ1) is 6.11. The molecule has 0 N–H and O–H groups in total. The summed E-state index contributed by atoms with van der Waals surface area (Å²) in [5.41, 5.74) is -0.228.